The van der Waals surface area contributed by atoms with Crippen LogP contribution in [0.25, 0.3) is 0 Å². The molecule has 0 spiro atoms. The predicted molar refractivity (Wildman–Crippen MR) is 102 cm³/mol. The first-order chi connectivity index (χ1) is 9.99. The Morgan fingerprint density at radius 2 is 1.83 bits per heavy atom. The number of nitrogens with one attached hydrogen (secondary N) is 1. The second kappa shape index (κ2) is 13.6. The van der Waals surface area contributed by atoms with Crippen LogP contribution in [0.1, 0.15) is 32.3 Å². The van der Waals surface area contributed by atoms with Crippen molar-refractivity contribution in [3.05, 3.63) is 35.9 Å². The van der Waals surface area contributed by atoms with E-state index in [4.69, 9.17) is 5.73 Å². The Morgan fingerprint density at radius 1 is 1.22 bits per heavy atom. The van der Waals surface area contributed by atoms with Gasteiger partial charge in [-0.05, 0) is 37.9 Å². The SMILES string of the molecule is CC(C)C[C@H](N)C(=O)NCCCN(C)Cc1ccccc1.Cl.Cl. The highest BCUT2D eigenvalue weighted by atomic mass is 35.5. The van der Waals surface area contributed by atoms with Crippen LogP contribution >= 0.6 is 24.8 Å². The largest absolute Gasteiger partial charge is 0.355 e. The highest BCUT2D eigenvalue weighted by Gasteiger charge is 2.13. The number of halogens is 2. The molecular weight excluding hydrogens is 333 g/mol. The maximum Gasteiger partial charge on any atom is 0.236 e. The van der Waals surface area contributed by atoms with Gasteiger partial charge >= 0.3 is 0 Å². The number of nitrogens with zero attached hydrogens (tertiary/aromatic N) is 1. The summed E-state index contributed by atoms with van der Waals surface area (Å²) in [5.41, 5.74) is 7.15. The lowest BCUT2D eigenvalue weighted by atomic mass is 10.0. The Kier molecular flexibility index (Phi) is 14.5. The molecule has 4 nitrogen and oxygen atoms in total. The summed E-state index contributed by atoms with van der Waals surface area (Å²) < 4.78 is 0. The Morgan fingerprint density at radius 3 is 2.39 bits per heavy atom. The molecule has 0 unspecified atom stereocenters. The van der Waals surface area contributed by atoms with Crippen LogP contribution in [0.5, 0.6) is 0 Å². The second-order valence-electron chi connectivity index (χ2n) is 6.10. The first-order valence-electron chi connectivity index (χ1n) is 7.74. The number of nitrogens with two attached hydrogens (primary N) is 1. The molecule has 6 heteroatoms. The molecule has 23 heavy (non-hydrogen) atoms. The topological polar surface area (TPSA) is 58.4 Å². The summed E-state index contributed by atoms with van der Waals surface area (Å²) in [4.78, 5) is 14.0. The van der Waals surface area contributed by atoms with Crippen LogP contribution in [0.15, 0.2) is 30.3 Å². The van der Waals surface area contributed by atoms with Gasteiger partial charge in [-0.2, -0.15) is 0 Å². The first-order valence-corrected chi connectivity index (χ1v) is 7.74. The van der Waals surface area contributed by atoms with E-state index >= 15 is 0 Å². The molecule has 134 valence electrons. The lowest BCUT2D eigenvalue weighted by Gasteiger charge is -2.18. The highest BCUT2D eigenvalue weighted by Crippen LogP contribution is 2.03. The van der Waals surface area contributed by atoms with Crippen molar-refractivity contribution >= 4 is 30.7 Å². The average Bonchev–Trinajstić information content (AvgIpc) is 2.43. The minimum Gasteiger partial charge on any atom is -0.355 e. The third-order valence-corrected chi connectivity index (χ3v) is 3.37. The van der Waals surface area contributed by atoms with Gasteiger partial charge in [0.2, 0.25) is 5.91 Å². The number of carbonyl (C=O) groups is 1. The monoisotopic (exact) mass is 363 g/mol. The van der Waals surface area contributed by atoms with E-state index in [0.29, 0.717) is 12.5 Å². The number of hydrogen-bond acceptors (Lipinski definition) is 3. The minimum atomic E-state index is -0.382. The van der Waals surface area contributed by atoms with Crippen molar-refractivity contribution in [2.24, 2.45) is 11.7 Å². The van der Waals surface area contributed by atoms with Crippen LogP contribution in [0.4, 0.5) is 0 Å². The third-order valence-electron chi connectivity index (χ3n) is 3.37. The fraction of sp³-hybridized carbons (Fsp3) is 0.588. The summed E-state index contributed by atoms with van der Waals surface area (Å²) in [6.45, 7) is 6.72. The van der Waals surface area contributed by atoms with Gasteiger partial charge in [-0.25, -0.2) is 0 Å². The molecule has 3 N–H and O–H groups in total. The smallest absolute Gasteiger partial charge is 0.236 e. The Hall–Kier alpha value is -0.810. The summed E-state index contributed by atoms with van der Waals surface area (Å²) >= 11 is 0. The van der Waals surface area contributed by atoms with Crippen LogP contribution < -0.4 is 11.1 Å². The molecule has 0 aliphatic heterocycles. The van der Waals surface area contributed by atoms with Gasteiger partial charge in [0, 0.05) is 13.1 Å². The van der Waals surface area contributed by atoms with Crippen LogP contribution in [0.3, 0.4) is 0 Å². The fourth-order valence-corrected chi connectivity index (χ4v) is 2.28. The van der Waals surface area contributed by atoms with Crippen LogP contribution in [0.2, 0.25) is 0 Å². The molecule has 0 fully saturated rings. The maximum absolute atomic E-state index is 11.8. The van der Waals surface area contributed by atoms with Crippen molar-refractivity contribution in [1.29, 1.82) is 0 Å². The third kappa shape index (κ3) is 11.4. The van der Waals surface area contributed by atoms with Crippen molar-refractivity contribution in [2.45, 2.75) is 39.3 Å². The standard InChI is InChI=1S/C17H29N3O.2ClH/c1-14(2)12-16(18)17(21)19-10-7-11-20(3)13-15-8-5-4-6-9-15;;/h4-6,8-9,14,16H,7,10-13,18H2,1-3H3,(H,19,21);2*1H/t16-;;/m0../s1. The Bertz CT molecular complexity index is 416. The molecule has 1 aromatic rings. The molecule has 0 heterocycles. The normalized spacial score (nSPS) is 11.6. The zero-order chi connectivity index (χ0) is 15.7. The zero-order valence-electron chi connectivity index (χ0n) is 14.3. The minimum absolute atomic E-state index is 0. The first kappa shape index (κ1) is 24.4. The second-order valence-corrected chi connectivity index (χ2v) is 6.10. The van der Waals surface area contributed by atoms with Crippen molar-refractivity contribution in [3.63, 3.8) is 0 Å². The van der Waals surface area contributed by atoms with Gasteiger partial charge < -0.3 is 16.0 Å². The van der Waals surface area contributed by atoms with Crippen molar-refractivity contribution in [2.75, 3.05) is 20.1 Å². The van der Waals surface area contributed by atoms with Crippen molar-refractivity contribution < 1.29 is 4.79 Å². The summed E-state index contributed by atoms with van der Waals surface area (Å²) in [7, 11) is 2.10. The maximum atomic E-state index is 11.8. The molecule has 0 aliphatic rings. The summed E-state index contributed by atoms with van der Waals surface area (Å²) in [5, 5.41) is 2.92. The van der Waals surface area contributed by atoms with Gasteiger partial charge in [-0.15, -0.1) is 24.8 Å². The lowest BCUT2D eigenvalue weighted by molar-refractivity contribution is -0.122. The quantitative estimate of drug-likeness (QED) is 0.663. The van der Waals surface area contributed by atoms with E-state index in [1.807, 2.05) is 6.07 Å². The summed E-state index contributed by atoms with van der Waals surface area (Å²) in [5.74, 6) is 0.414. The predicted octanol–water partition coefficient (Wildman–Crippen LogP) is 2.84. The van der Waals surface area contributed by atoms with E-state index in [1.54, 1.807) is 0 Å². The highest BCUT2D eigenvalue weighted by molar-refractivity contribution is 5.85. The molecule has 0 aromatic heterocycles. The van der Waals surface area contributed by atoms with E-state index in [2.05, 4.69) is 55.4 Å². The van der Waals surface area contributed by atoms with Crippen LogP contribution in [-0.2, 0) is 11.3 Å². The van der Waals surface area contributed by atoms with Gasteiger partial charge in [0.15, 0.2) is 0 Å². The fourth-order valence-electron chi connectivity index (χ4n) is 2.28. The number of amides is 1. The summed E-state index contributed by atoms with van der Waals surface area (Å²) in [6, 6.07) is 10.0. The molecule has 0 saturated heterocycles. The van der Waals surface area contributed by atoms with Crippen molar-refractivity contribution in [3.8, 4) is 0 Å². The van der Waals surface area contributed by atoms with E-state index in [9.17, 15) is 4.79 Å². The molecule has 0 bridgehead atoms. The average molecular weight is 364 g/mol. The Labute approximate surface area is 153 Å². The van der Waals surface area contributed by atoms with E-state index in [0.717, 1.165) is 25.9 Å². The number of hydrogen-bond donors (Lipinski definition) is 2. The van der Waals surface area contributed by atoms with Gasteiger partial charge in [-0.3, -0.25) is 4.79 Å². The molecule has 0 radical (unpaired) electrons. The molecule has 1 rings (SSSR count). The number of carbonyl (C=O) groups excluding carboxylic acids is 1. The molecular formula is C17H31Cl2N3O. The van der Waals surface area contributed by atoms with E-state index in [-0.39, 0.29) is 36.8 Å². The molecule has 1 amide bonds. The van der Waals surface area contributed by atoms with Crippen LogP contribution in [0, 0.1) is 5.92 Å². The Balaban J connectivity index is 0. The molecule has 0 aliphatic carbocycles. The molecule has 1 atom stereocenters. The van der Waals surface area contributed by atoms with Gasteiger partial charge in [0.05, 0.1) is 6.04 Å². The molecule has 1 aromatic carbocycles. The van der Waals surface area contributed by atoms with E-state index in [1.165, 1.54) is 5.56 Å². The zero-order valence-corrected chi connectivity index (χ0v) is 16.0. The van der Waals surface area contributed by atoms with Gasteiger partial charge in [-0.1, -0.05) is 44.2 Å². The summed E-state index contributed by atoms with van der Waals surface area (Å²) in [6.07, 6.45) is 1.67. The van der Waals surface area contributed by atoms with E-state index < -0.39 is 0 Å². The lowest BCUT2D eigenvalue weighted by Crippen LogP contribution is -2.42. The van der Waals surface area contributed by atoms with Gasteiger partial charge in [0.25, 0.3) is 0 Å². The van der Waals surface area contributed by atoms with Gasteiger partial charge in [0.1, 0.15) is 0 Å². The van der Waals surface area contributed by atoms with Crippen molar-refractivity contribution in [1.82, 2.24) is 10.2 Å². The van der Waals surface area contributed by atoms with Crippen LogP contribution in [-0.4, -0.2) is 37.0 Å². The number of benzene rings is 1. The molecule has 0 saturated carbocycles. The number of rotatable bonds is 9.